The smallest absolute Gasteiger partial charge is 0.240 e. The second-order valence-corrected chi connectivity index (χ2v) is 9.68. The lowest BCUT2D eigenvalue weighted by molar-refractivity contribution is -0.122. The number of Topliss-reactive ketones (excluding diaryl/α,β-unsaturated/α-hetero) is 1. The van der Waals surface area contributed by atoms with E-state index in [2.05, 4.69) is 41.6 Å². The highest BCUT2D eigenvalue weighted by Gasteiger charge is 2.32. The van der Waals surface area contributed by atoms with E-state index in [1.54, 1.807) is 24.3 Å². The molecule has 1 fully saturated rings. The van der Waals surface area contributed by atoms with E-state index in [9.17, 15) is 14.4 Å². The molecular weight excluding hydrogens is 400 g/mol. The average molecular weight is 427 g/mol. The number of nitrogens with zero attached hydrogens (tertiary/aromatic N) is 2. The van der Waals surface area contributed by atoms with Gasteiger partial charge < -0.3 is 10.6 Å². The van der Waals surface area contributed by atoms with E-state index in [1.165, 1.54) is 24.3 Å². The highest BCUT2D eigenvalue weighted by Crippen LogP contribution is 2.34. The van der Waals surface area contributed by atoms with Crippen molar-refractivity contribution in [3.05, 3.63) is 41.5 Å². The summed E-state index contributed by atoms with van der Waals surface area (Å²) in [7, 11) is 0. The SMILES string of the molecule is CC(=O)c1cccc(NC(=O)C[C@@H]2S/C(=N/N=C3/C=C(C)CC(C)(C)C3)NC2=O)c1. The molecule has 8 heteroatoms. The van der Waals surface area contributed by atoms with Gasteiger partial charge in [-0.3, -0.25) is 14.4 Å². The number of carbonyl (C=O) groups is 3. The molecule has 2 aliphatic rings. The van der Waals surface area contributed by atoms with Crippen LogP contribution in [0.1, 0.15) is 57.3 Å². The molecule has 3 rings (SSSR count). The molecule has 7 nitrogen and oxygen atoms in total. The second-order valence-electron chi connectivity index (χ2n) is 8.49. The van der Waals surface area contributed by atoms with E-state index in [4.69, 9.17) is 0 Å². The van der Waals surface area contributed by atoms with Crippen molar-refractivity contribution in [3.8, 4) is 0 Å². The van der Waals surface area contributed by atoms with E-state index in [0.29, 0.717) is 16.4 Å². The standard InChI is InChI=1S/C22H26N4O3S/c1-13-8-17(12-22(3,4)11-13)25-26-21-24-20(29)18(30-21)10-19(28)23-16-7-5-6-15(9-16)14(2)27/h5-9,18H,10-12H2,1-4H3,(H,23,28)(H,24,26,29)/b25-17-/t18-/m0/s1. The van der Waals surface area contributed by atoms with Crippen molar-refractivity contribution < 1.29 is 14.4 Å². The van der Waals surface area contributed by atoms with Crippen molar-refractivity contribution in [3.63, 3.8) is 0 Å². The van der Waals surface area contributed by atoms with E-state index >= 15 is 0 Å². The van der Waals surface area contributed by atoms with Crippen LogP contribution in [0, 0.1) is 5.41 Å². The monoisotopic (exact) mass is 426 g/mol. The van der Waals surface area contributed by atoms with Gasteiger partial charge in [0.05, 0.1) is 5.71 Å². The van der Waals surface area contributed by atoms with Crippen molar-refractivity contribution in [1.29, 1.82) is 0 Å². The summed E-state index contributed by atoms with van der Waals surface area (Å²) in [4.78, 5) is 36.0. The van der Waals surface area contributed by atoms with Gasteiger partial charge in [-0.15, -0.1) is 5.10 Å². The first-order chi connectivity index (χ1) is 14.1. The van der Waals surface area contributed by atoms with Gasteiger partial charge in [0.25, 0.3) is 0 Å². The van der Waals surface area contributed by atoms with Crippen LogP contribution >= 0.6 is 11.8 Å². The maximum Gasteiger partial charge on any atom is 0.240 e. The first-order valence-electron chi connectivity index (χ1n) is 9.81. The summed E-state index contributed by atoms with van der Waals surface area (Å²) in [6, 6.07) is 6.71. The number of nitrogens with one attached hydrogen (secondary N) is 2. The van der Waals surface area contributed by atoms with Crippen LogP contribution in [0.5, 0.6) is 0 Å². The molecule has 0 bridgehead atoms. The molecule has 0 spiro atoms. The molecule has 1 aromatic carbocycles. The molecule has 1 atom stereocenters. The zero-order valence-electron chi connectivity index (χ0n) is 17.6. The van der Waals surface area contributed by atoms with E-state index in [1.807, 2.05) is 6.08 Å². The number of hydrogen-bond acceptors (Lipinski definition) is 6. The fourth-order valence-electron chi connectivity index (χ4n) is 3.65. The minimum atomic E-state index is -0.569. The maximum atomic E-state index is 12.4. The van der Waals surface area contributed by atoms with Gasteiger partial charge >= 0.3 is 0 Å². The zero-order chi connectivity index (χ0) is 21.9. The van der Waals surface area contributed by atoms with Crippen molar-refractivity contribution in [2.75, 3.05) is 5.32 Å². The Balaban J connectivity index is 1.60. The number of allylic oxidation sites excluding steroid dienone is 2. The summed E-state index contributed by atoms with van der Waals surface area (Å²) in [5, 5.41) is 13.8. The quantitative estimate of drug-likeness (QED) is 0.550. The van der Waals surface area contributed by atoms with Gasteiger partial charge in [-0.1, -0.05) is 43.3 Å². The molecule has 30 heavy (non-hydrogen) atoms. The molecule has 1 aliphatic carbocycles. The Hall–Kier alpha value is -2.74. The third kappa shape index (κ3) is 5.89. The van der Waals surface area contributed by atoms with Gasteiger partial charge in [0.1, 0.15) is 5.25 Å². The Morgan fingerprint density at radius 1 is 1.27 bits per heavy atom. The van der Waals surface area contributed by atoms with Crippen LogP contribution in [0.2, 0.25) is 0 Å². The first kappa shape index (κ1) is 22.0. The minimum Gasteiger partial charge on any atom is -0.326 e. The third-order valence-electron chi connectivity index (χ3n) is 4.80. The van der Waals surface area contributed by atoms with Crippen LogP contribution in [0.25, 0.3) is 0 Å². The lowest BCUT2D eigenvalue weighted by atomic mass is 9.77. The molecule has 2 amide bonds. The largest absolute Gasteiger partial charge is 0.326 e. The van der Waals surface area contributed by atoms with Crippen LogP contribution in [0.3, 0.4) is 0 Å². The molecule has 0 saturated carbocycles. The minimum absolute atomic E-state index is 0.00241. The molecule has 2 N–H and O–H groups in total. The Kier molecular flexibility index (Phi) is 6.55. The van der Waals surface area contributed by atoms with Crippen molar-refractivity contribution in [2.45, 2.75) is 52.2 Å². The Bertz CT molecular complexity index is 978. The number of amides is 2. The molecule has 1 aromatic rings. The number of hydrogen-bond donors (Lipinski definition) is 2. The normalized spacial score (nSPS) is 23.3. The molecule has 0 aromatic heterocycles. The Morgan fingerprint density at radius 2 is 2.03 bits per heavy atom. The highest BCUT2D eigenvalue weighted by atomic mass is 32.2. The molecule has 0 unspecified atom stereocenters. The lowest BCUT2D eigenvalue weighted by Crippen LogP contribution is -2.28. The number of amidine groups is 1. The molecule has 0 radical (unpaired) electrons. The summed E-state index contributed by atoms with van der Waals surface area (Å²) in [6.45, 7) is 7.93. The third-order valence-corrected chi connectivity index (χ3v) is 5.87. The van der Waals surface area contributed by atoms with Gasteiger partial charge in [-0.25, -0.2) is 0 Å². The van der Waals surface area contributed by atoms with Crippen LogP contribution in [-0.2, 0) is 9.59 Å². The number of anilines is 1. The van der Waals surface area contributed by atoms with Crippen LogP contribution in [-0.4, -0.2) is 33.7 Å². The van der Waals surface area contributed by atoms with Gasteiger partial charge in [-0.2, -0.15) is 5.10 Å². The summed E-state index contributed by atoms with van der Waals surface area (Å²) in [5.41, 5.74) is 3.34. The number of rotatable bonds is 5. The fourth-order valence-corrected chi connectivity index (χ4v) is 4.57. The predicted octanol–water partition coefficient (Wildman–Crippen LogP) is 3.93. The van der Waals surface area contributed by atoms with Crippen molar-refractivity contribution in [1.82, 2.24) is 5.32 Å². The van der Waals surface area contributed by atoms with Gasteiger partial charge in [-0.05, 0) is 50.3 Å². The predicted molar refractivity (Wildman–Crippen MR) is 121 cm³/mol. The number of thioether (sulfide) groups is 1. The highest BCUT2D eigenvalue weighted by molar-refractivity contribution is 8.15. The molecule has 1 aliphatic heterocycles. The van der Waals surface area contributed by atoms with E-state index in [-0.39, 0.29) is 29.4 Å². The number of carbonyl (C=O) groups excluding carboxylic acids is 3. The van der Waals surface area contributed by atoms with Gasteiger partial charge in [0, 0.05) is 17.7 Å². The zero-order valence-corrected chi connectivity index (χ0v) is 18.4. The molecule has 1 heterocycles. The average Bonchev–Trinajstić information content (AvgIpc) is 2.98. The number of benzene rings is 1. The van der Waals surface area contributed by atoms with E-state index < -0.39 is 5.25 Å². The summed E-state index contributed by atoms with van der Waals surface area (Å²) >= 11 is 1.20. The van der Waals surface area contributed by atoms with Crippen molar-refractivity contribution in [2.24, 2.45) is 15.6 Å². The molecular formula is C22H26N4O3S. The maximum absolute atomic E-state index is 12.4. The second kappa shape index (κ2) is 8.95. The lowest BCUT2D eigenvalue weighted by Gasteiger charge is -2.28. The van der Waals surface area contributed by atoms with E-state index in [0.717, 1.165) is 18.6 Å². The molecule has 1 saturated heterocycles. The Labute approximate surface area is 180 Å². The van der Waals surface area contributed by atoms with Crippen LogP contribution in [0.15, 0.2) is 46.1 Å². The summed E-state index contributed by atoms with van der Waals surface area (Å²) < 4.78 is 0. The fraction of sp³-hybridized carbons (Fsp3) is 0.409. The van der Waals surface area contributed by atoms with Crippen LogP contribution in [0.4, 0.5) is 5.69 Å². The number of ketones is 1. The Morgan fingerprint density at radius 3 is 2.73 bits per heavy atom. The van der Waals surface area contributed by atoms with Crippen LogP contribution < -0.4 is 10.6 Å². The summed E-state index contributed by atoms with van der Waals surface area (Å²) in [5.74, 6) is -0.642. The first-order valence-corrected chi connectivity index (χ1v) is 10.7. The van der Waals surface area contributed by atoms with Crippen molar-refractivity contribution >= 4 is 45.9 Å². The van der Waals surface area contributed by atoms with Gasteiger partial charge in [0.15, 0.2) is 11.0 Å². The topological polar surface area (TPSA) is 100.0 Å². The summed E-state index contributed by atoms with van der Waals surface area (Å²) in [6.07, 6.45) is 3.89. The molecule has 158 valence electrons. The van der Waals surface area contributed by atoms with Gasteiger partial charge in [0.2, 0.25) is 11.8 Å².